The molecule has 0 bridgehead atoms. The Hall–Kier alpha value is -4.28. The first-order valence-corrected chi connectivity index (χ1v) is 12.8. The molecule has 4 rings (SSSR count). The summed E-state index contributed by atoms with van der Waals surface area (Å²) in [6, 6.07) is 8.59. The van der Waals surface area contributed by atoms with Crippen molar-refractivity contribution in [3.8, 4) is 5.75 Å². The van der Waals surface area contributed by atoms with Crippen LogP contribution in [0.3, 0.4) is 0 Å². The van der Waals surface area contributed by atoms with Crippen LogP contribution in [0.1, 0.15) is 37.4 Å². The smallest absolute Gasteiger partial charge is 0.416 e. The van der Waals surface area contributed by atoms with Crippen molar-refractivity contribution in [2.45, 2.75) is 38.5 Å². The fourth-order valence-electron chi connectivity index (χ4n) is 5.05. The first-order valence-electron chi connectivity index (χ1n) is 12.8. The fraction of sp³-hybridized carbons (Fsp3) is 0.345. The van der Waals surface area contributed by atoms with Gasteiger partial charge in [-0.2, -0.15) is 13.2 Å². The number of hydrogen-bond donors (Lipinski definition) is 2. The molecule has 0 aliphatic carbocycles. The molecule has 2 N–H and O–H groups in total. The summed E-state index contributed by atoms with van der Waals surface area (Å²) in [4.78, 5) is 43.2. The molecule has 2 unspecified atom stereocenters. The first-order chi connectivity index (χ1) is 19.0. The largest absolute Gasteiger partial charge is 0.497 e. The van der Waals surface area contributed by atoms with Gasteiger partial charge in [0.15, 0.2) is 0 Å². The molecule has 2 atom stereocenters. The van der Waals surface area contributed by atoms with Gasteiger partial charge in [-0.25, -0.2) is 4.79 Å². The van der Waals surface area contributed by atoms with Crippen LogP contribution < -0.4 is 15.4 Å². The van der Waals surface area contributed by atoms with E-state index in [0.717, 1.165) is 6.07 Å². The number of carbonyl (C=O) groups is 3. The average molecular weight is 557 g/mol. The zero-order chi connectivity index (χ0) is 29.2. The molecular weight excluding hydrogens is 525 g/mol. The van der Waals surface area contributed by atoms with Gasteiger partial charge in [0.05, 0.1) is 36.5 Å². The van der Waals surface area contributed by atoms with Crippen molar-refractivity contribution in [2.75, 3.05) is 25.5 Å². The summed E-state index contributed by atoms with van der Waals surface area (Å²) in [5.74, 6) is -0.453. The number of halogens is 3. The molecule has 2 aromatic rings. The van der Waals surface area contributed by atoms with Crippen LogP contribution in [-0.2, 0) is 15.8 Å². The fourth-order valence-corrected chi connectivity index (χ4v) is 5.05. The molecule has 0 saturated heterocycles. The normalized spacial score (nSPS) is 18.0. The molecule has 0 radical (unpaired) electrons. The predicted octanol–water partition coefficient (Wildman–Crippen LogP) is 5.12. The predicted molar refractivity (Wildman–Crippen MR) is 143 cm³/mol. The first kappa shape index (κ1) is 28.7. The molecule has 2 aliphatic rings. The number of amides is 4. The summed E-state index contributed by atoms with van der Waals surface area (Å²) in [5.41, 5.74) is -0.448. The highest BCUT2D eigenvalue weighted by molar-refractivity contribution is 6.05. The Morgan fingerprint density at radius 1 is 1.18 bits per heavy atom. The van der Waals surface area contributed by atoms with Crippen LogP contribution in [-0.4, -0.2) is 53.9 Å². The number of carbonyl (C=O) groups excluding carboxylic acids is 3. The summed E-state index contributed by atoms with van der Waals surface area (Å²) in [6.07, 6.45) is -2.95. The topological polar surface area (TPSA) is 91.0 Å². The molecule has 2 aromatic carbocycles. The Kier molecular flexibility index (Phi) is 8.22. The van der Waals surface area contributed by atoms with Gasteiger partial charge in [-0.05, 0) is 48.2 Å². The summed E-state index contributed by atoms with van der Waals surface area (Å²) in [5, 5.41) is 5.41. The molecule has 8 nitrogen and oxygen atoms in total. The van der Waals surface area contributed by atoms with Crippen molar-refractivity contribution < 1.29 is 32.3 Å². The van der Waals surface area contributed by atoms with Gasteiger partial charge in [-0.1, -0.05) is 38.1 Å². The minimum atomic E-state index is -4.71. The summed E-state index contributed by atoms with van der Waals surface area (Å²) in [6.45, 7) is 7.38. The van der Waals surface area contributed by atoms with E-state index >= 15 is 0 Å². The maximum absolute atomic E-state index is 14.0. The van der Waals surface area contributed by atoms with E-state index in [4.69, 9.17) is 4.74 Å². The minimum absolute atomic E-state index is 0.00262. The number of alkyl halides is 3. The number of hydrogen-bond acceptors (Lipinski definition) is 4. The minimum Gasteiger partial charge on any atom is -0.497 e. The maximum Gasteiger partial charge on any atom is 0.416 e. The van der Waals surface area contributed by atoms with Crippen LogP contribution >= 0.6 is 0 Å². The third-order valence-corrected chi connectivity index (χ3v) is 6.87. The zero-order valence-corrected chi connectivity index (χ0v) is 22.4. The molecule has 2 aliphatic heterocycles. The summed E-state index contributed by atoms with van der Waals surface area (Å²) < 4.78 is 47.0. The summed E-state index contributed by atoms with van der Waals surface area (Å²) >= 11 is 0. The Balaban J connectivity index is 1.73. The molecule has 0 saturated carbocycles. The van der Waals surface area contributed by atoms with Gasteiger partial charge in [0, 0.05) is 12.2 Å². The lowest BCUT2D eigenvalue weighted by Crippen LogP contribution is -2.47. The van der Waals surface area contributed by atoms with E-state index < -0.39 is 41.7 Å². The van der Waals surface area contributed by atoms with Gasteiger partial charge >= 0.3 is 12.2 Å². The van der Waals surface area contributed by atoms with E-state index in [0.29, 0.717) is 17.9 Å². The number of methoxy groups -OCH3 is 1. The van der Waals surface area contributed by atoms with Crippen molar-refractivity contribution in [1.29, 1.82) is 0 Å². The monoisotopic (exact) mass is 556 g/mol. The van der Waals surface area contributed by atoms with Gasteiger partial charge in [-0.15, -0.1) is 6.58 Å². The van der Waals surface area contributed by atoms with E-state index in [1.54, 1.807) is 24.3 Å². The van der Waals surface area contributed by atoms with Gasteiger partial charge in [-0.3, -0.25) is 14.5 Å². The second kappa shape index (κ2) is 11.4. The van der Waals surface area contributed by atoms with Crippen LogP contribution in [0.15, 0.2) is 72.5 Å². The Morgan fingerprint density at radius 2 is 1.85 bits per heavy atom. The molecule has 4 amide bonds. The number of ether oxygens (including phenoxy) is 1. The molecule has 11 heteroatoms. The van der Waals surface area contributed by atoms with Crippen LogP contribution in [0.5, 0.6) is 5.75 Å². The second-order valence-electron chi connectivity index (χ2n) is 10.0. The van der Waals surface area contributed by atoms with E-state index in [9.17, 15) is 27.6 Å². The Bertz CT molecular complexity index is 1340. The van der Waals surface area contributed by atoms with Crippen molar-refractivity contribution in [3.63, 3.8) is 0 Å². The van der Waals surface area contributed by atoms with Gasteiger partial charge in [0.2, 0.25) is 5.91 Å². The van der Waals surface area contributed by atoms with Crippen LogP contribution in [0, 0.1) is 5.92 Å². The number of anilines is 1. The number of benzene rings is 2. The Labute approximate surface area is 230 Å². The standard InChI is InChI=1S/C29H31F3N4O4/c1-5-14-35-23-16-36(22(15-17(2)3)26(37)33-18-10-12-19(40-4)13-11-18)27(38)24(23)25(34-28(35)39)20-8-6-7-9-21(20)29(30,31)32/h5-13,17,22,25H,1,14-16H2,2-4H3,(H,33,37)(H,34,39). The number of urea groups is 1. The number of rotatable bonds is 9. The molecule has 0 fully saturated rings. The Morgan fingerprint density at radius 3 is 2.45 bits per heavy atom. The third kappa shape index (κ3) is 5.68. The van der Waals surface area contributed by atoms with Crippen molar-refractivity contribution in [3.05, 3.63) is 83.6 Å². The van der Waals surface area contributed by atoms with Crippen LogP contribution in [0.4, 0.5) is 23.7 Å². The quantitative estimate of drug-likeness (QED) is 0.420. The number of nitrogens with zero attached hydrogens (tertiary/aromatic N) is 2. The van der Waals surface area contributed by atoms with Crippen LogP contribution in [0.25, 0.3) is 0 Å². The lowest BCUT2D eigenvalue weighted by molar-refractivity contribution is -0.138. The van der Waals surface area contributed by atoms with Crippen molar-refractivity contribution >= 4 is 23.5 Å². The van der Waals surface area contributed by atoms with Gasteiger partial charge in [0.1, 0.15) is 11.8 Å². The van der Waals surface area contributed by atoms with Gasteiger partial charge in [0.25, 0.3) is 5.91 Å². The van der Waals surface area contributed by atoms with Gasteiger partial charge < -0.3 is 20.3 Å². The zero-order valence-electron chi connectivity index (χ0n) is 22.4. The van der Waals surface area contributed by atoms with E-state index in [1.165, 1.54) is 41.2 Å². The highest BCUT2D eigenvalue weighted by Crippen LogP contribution is 2.42. The van der Waals surface area contributed by atoms with Crippen LogP contribution in [0.2, 0.25) is 0 Å². The molecule has 0 spiro atoms. The molecular formula is C29H31F3N4O4. The number of nitrogens with one attached hydrogen (secondary N) is 2. The summed E-state index contributed by atoms with van der Waals surface area (Å²) in [7, 11) is 1.52. The van der Waals surface area contributed by atoms with E-state index in [-0.39, 0.29) is 35.8 Å². The molecule has 40 heavy (non-hydrogen) atoms. The molecule has 2 heterocycles. The van der Waals surface area contributed by atoms with Crippen molar-refractivity contribution in [2.24, 2.45) is 5.92 Å². The lowest BCUT2D eigenvalue weighted by atomic mass is 9.91. The second-order valence-corrected chi connectivity index (χ2v) is 10.0. The van der Waals surface area contributed by atoms with Crippen molar-refractivity contribution in [1.82, 2.24) is 15.1 Å². The maximum atomic E-state index is 14.0. The molecule has 212 valence electrons. The highest BCUT2D eigenvalue weighted by atomic mass is 19.4. The van der Waals surface area contributed by atoms with E-state index in [2.05, 4.69) is 17.2 Å². The third-order valence-electron chi connectivity index (χ3n) is 6.87. The highest BCUT2D eigenvalue weighted by Gasteiger charge is 2.48. The SMILES string of the molecule is C=CCN1C(=O)NC(c2ccccc2C(F)(F)F)C2=C1CN(C(CC(C)C)C(=O)Nc1ccc(OC)cc1)C2=O. The molecule has 0 aromatic heterocycles. The lowest BCUT2D eigenvalue weighted by Gasteiger charge is -2.33. The van der Waals surface area contributed by atoms with E-state index in [1.807, 2.05) is 13.8 Å². The average Bonchev–Trinajstić information content (AvgIpc) is 3.25.